The van der Waals surface area contributed by atoms with Gasteiger partial charge in [0.1, 0.15) is 5.41 Å². The first-order chi connectivity index (χ1) is 6.54. The second-order valence-corrected chi connectivity index (χ2v) is 3.74. The van der Waals surface area contributed by atoms with Gasteiger partial charge in [-0.3, -0.25) is 4.79 Å². The minimum Gasteiger partial charge on any atom is -0.481 e. The van der Waals surface area contributed by atoms with Gasteiger partial charge in [-0.15, -0.1) is 0 Å². The van der Waals surface area contributed by atoms with Gasteiger partial charge in [0.05, 0.1) is 5.69 Å². The Balaban J connectivity index is 2.58. The van der Waals surface area contributed by atoms with Crippen molar-refractivity contribution in [3.63, 3.8) is 0 Å². The molecule has 14 heavy (non-hydrogen) atoms. The van der Waals surface area contributed by atoms with E-state index in [1.54, 1.807) is 13.1 Å². The van der Waals surface area contributed by atoms with Crippen molar-refractivity contribution in [2.75, 3.05) is 5.73 Å². The molecule has 1 aliphatic rings. The number of rotatable bonds is 1. The van der Waals surface area contributed by atoms with Crippen LogP contribution in [0.25, 0.3) is 0 Å². The summed E-state index contributed by atoms with van der Waals surface area (Å²) in [5.41, 5.74) is 6.00. The molecule has 2 rings (SSSR count). The Kier molecular flexibility index (Phi) is 1.70. The second kappa shape index (κ2) is 2.67. The predicted molar refractivity (Wildman–Crippen MR) is 49.8 cm³/mol. The molecule has 0 saturated heterocycles. The van der Waals surface area contributed by atoms with Crippen molar-refractivity contribution < 1.29 is 9.90 Å². The molecule has 0 spiro atoms. The van der Waals surface area contributed by atoms with E-state index in [1.165, 1.54) is 0 Å². The van der Waals surface area contributed by atoms with Crippen molar-refractivity contribution in [2.45, 2.75) is 25.2 Å². The molecular weight excluding hydrogens is 182 g/mol. The van der Waals surface area contributed by atoms with Crippen LogP contribution in [0.1, 0.15) is 24.6 Å². The number of nitrogens with two attached hydrogens (primary N) is 1. The third-order valence-electron chi connectivity index (χ3n) is 2.77. The summed E-state index contributed by atoms with van der Waals surface area (Å²) in [6.45, 7) is 1.67. The Morgan fingerprint density at radius 1 is 1.71 bits per heavy atom. The molecule has 0 radical (unpaired) electrons. The zero-order valence-electron chi connectivity index (χ0n) is 7.82. The number of nitrogen functional groups attached to an aromatic ring is 1. The molecule has 1 aromatic rings. The molecule has 0 amide bonds. The van der Waals surface area contributed by atoms with Crippen LogP contribution in [0.3, 0.4) is 0 Å². The maximum atomic E-state index is 11.1. The van der Waals surface area contributed by atoms with E-state index in [2.05, 4.69) is 9.97 Å². The van der Waals surface area contributed by atoms with Crippen molar-refractivity contribution in [1.29, 1.82) is 0 Å². The lowest BCUT2D eigenvalue weighted by molar-refractivity contribution is -0.143. The van der Waals surface area contributed by atoms with Crippen LogP contribution in [-0.4, -0.2) is 21.0 Å². The first-order valence-electron chi connectivity index (χ1n) is 4.39. The van der Waals surface area contributed by atoms with Crippen LogP contribution < -0.4 is 5.73 Å². The third-order valence-corrected chi connectivity index (χ3v) is 2.77. The maximum absolute atomic E-state index is 11.1. The quantitative estimate of drug-likeness (QED) is 0.671. The minimum absolute atomic E-state index is 0.137. The standard InChI is InChI=1S/C9H11N3O2/c1-9(7(13)14)3-2-5-4-11-8(10)12-6(5)9/h4H,2-3H2,1H3,(H,13,14)(H2,10,11,12). The number of aliphatic carboxylic acids is 1. The van der Waals surface area contributed by atoms with Crippen molar-refractivity contribution >= 4 is 11.9 Å². The number of fused-ring (bicyclic) bond motifs is 1. The van der Waals surface area contributed by atoms with E-state index < -0.39 is 11.4 Å². The molecule has 3 N–H and O–H groups in total. The number of aromatic nitrogens is 2. The van der Waals surface area contributed by atoms with E-state index in [0.717, 1.165) is 5.56 Å². The van der Waals surface area contributed by atoms with Gasteiger partial charge >= 0.3 is 5.97 Å². The maximum Gasteiger partial charge on any atom is 0.315 e. The van der Waals surface area contributed by atoms with Crippen LogP contribution in [0.5, 0.6) is 0 Å². The zero-order valence-corrected chi connectivity index (χ0v) is 7.82. The van der Waals surface area contributed by atoms with Gasteiger partial charge in [-0.2, -0.15) is 0 Å². The van der Waals surface area contributed by atoms with E-state index in [0.29, 0.717) is 18.5 Å². The van der Waals surface area contributed by atoms with Gasteiger partial charge in [-0.1, -0.05) is 0 Å². The summed E-state index contributed by atoms with van der Waals surface area (Å²) in [5, 5.41) is 9.11. The molecule has 1 atom stereocenters. The molecule has 0 aliphatic heterocycles. The average Bonchev–Trinajstić information content (AvgIpc) is 2.46. The van der Waals surface area contributed by atoms with E-state index in [-0.39, 0.29) is 5.95 Å². The summed E-state index contributed by atoms with van der Waals surface area (Å²) >= 11 is 0. The molecular formula is C9H11N3O2. The molecule has 1 aliphatic carbocycles. The van der Waals surface area contributed by atoms with Gasteiger partial charge in [0, 0.05) is 6.20 Å². The zero-order chi connectivity index (χ0) is 10.3. The van der Waals surface area contributed by atoms with Gasteiger partial charge in [0.2, 0.25) is 5.95 Å². The smallest absolute Gasteiger partial charge is 0.315 e. The number of carbonyl (C=O) groups is 1. The first-order valence-corrected chi connectivity index (χ1v) is 4.39. The molecule has 0 saturated carbocycles. The summed E-state index contributed by atoms with van der Waals surface area (Å²) in [7, 11) is 0. The molecule has 5 heteroatoms. The van der Waals surface area contributed by atoms with Crippen molar-refractivity contribution in [1.82, 2.24) is 9.97 Å². The molecule has 1 unspecified atom stereocenters. The molecule has 0 aromatic carbocycles. The highest BCUT2D eigenvalue weighted by Gasteiger charge is 2.43. The molecule has 1 heterocycles. The Labute approximate surface area is 81.0 Å². The van der Waals surface area contributed by atoms with E-state index in [9.17, 15) is 4.79 Å². The number of hydrogen-bond donors (Lipinski definition) is 2. The van der Waals surface area contributed by atoms with E-state index in [4.69, 9.17) is 10.8 Å². The average molecular weight is 193 g/mol. The van der Waals surface area contributed by atoms with Gasteiger partial charge in [0.25, 0.3) is 0 Å². The largest absolute Gasteiger partial charge is 0.481 e. The Morgan fingerprint density at radius 2 is 2.43 bits per heavy atom. The van der Waals surface area contributed by atoms with Gasteiger partial charge in [-0.25, -0.2) is 9.97 Å². The molecule has 0 bridgehead atoms. The Morgan fingerprint density at radius 3 is 3.07 bits per heavy atom. The number of anilines is 1. The Bertz CT molecular complexity index is 405. The van der Waals surface area contributed by atoms with E-state index >= 15 is 0 Å². The predicted octanol–water partition coefficient (Wildman–Crippen LogP) is 0.347. The Hall–Kier alpha value is -1.65. The molecule has 5 nitrogen and oxygen atoms in total. The number of aryl methyl sites for hydroxylation is 1. The molecule has 1 aromatic heterocycles. The van der Waals surface area contributed by atoms with Crippen LogP contribution in [0.4, 0.5) is 5.95 Å². The van der Waals surface area contributed by atoms with Crippen LogP contribution in [0.2, 0.25) is 0 Å². The minimum atomic E-state index is -0.896. The lowest BCUT2D eigenvalue weighted by atomic mass is 9.88. The van der Waals surface area contributed by atoms with E-state index in [1.807, 2.05) is 0 Å². The van der Waals surface area contributed by atoms with Crippen molar-refractivity contribution in [2.24, 2.45) is 0 Å². The second-order valence-electron chi connectivity index (χ2n) is 3.74. The highest BCUT2D eigenvalue weighted by molar-refractivity contribution is 5.81. The topological polar surface area (TPSA) is 89.1 Å². The van der Waals surface area contributed by atoms with Crippen LogP contribution in [0, 0.1) is 0 Å². The highest BCUT2D eigenvalue weighted by Crippen LogP contribution is 2.37. The van der Waals surface area contributed by atoms with Gasteiger partial charge in [-0.05, 0) is 25.3 Å². The summed E-state index contributed by atoms with van der Waals surface area (Å²) in [6, 6.07) is 0. The fourth-order valence-electron chi connectivity index (χ4n) is 1.79. The summed E-state index contributed by atoms with van der Waals surface area (Å²) in [5.74, 6) is -0.715. The van der Waals surface area contributed by atoms with Crippen LogP contribution >= 0.6 is 0 Å². The monoisotopic (exact) mass is 193 g/mol. The van der Waals surface area contributed by atoms with Gasteiger partial charge < -0.3 is 10.8 Å². The van der Waals surface area contributed by atoms with Crippen molar-refractivity contribution in [3.8, 4) is 0 Å². The fourth-order valence-corrected chi connectivity index (χ4v) is 1.79. The molecule has 74 valence electrons. The number of carboxylic acid groups (broad SMARTS) is 1. The fraction of sp³-hybridized carbons (Fsp3) is 0.444. The SMILES string of the molecule is CC1(C(=O)O)CCc2cnc(N)nc21. The summed E-state index contributed by atoms with van der Waals surface area (Å²) in [6.07, 6.45) is 2.89. The lowest BCUT2D eigenvalue weighted by Gasteiger charge is -2.17. The van der Waals surface area contributed by atoms with Crippen molar-refractivity contribution in [3.05, 3.63) is 17.5 Å². The lowest BCUT2D eigenvalue weighted by Crippen LogP contribution is -2.30. The molecule has 0 fully saturated rings. The number of nitrogens with zero attached hydrogens (tertiary/aromatic N) is 2. The highest BCUT2D eigenvalue weighted by atomic mass is 16.4. The van der Waals surface area contributed by atoms with Crippen LogP contribution in [-0.2, 0) is 16.6 Å². The van der Waals surface area contributed by atoms with Crippen LogP contribution in [0.15, 0.2) is 6.20 Å². The summed E-state index contributed by atoms with van der Waals surface area (Å²) < 4.78 is 0. The third kappa shape index (κ3) is 1.05. The van der Waals surface area contributed by atoms with Gasteiger partial charge in [0.15, 0.2) is 0 Å². The number of hydrogen-bond acceptors (Lipinski definition) is 4. The first kappa shape index (κ1) is 8.93. The normalized spacial score (nSPS) is 24.6. The number of carboxylic acids is 1. The summed E-state index contributed by atoms with van der Waals surface area (Å²) in [4.78, 5) is 19.0.